The fraction of sp³-hybridized carbons (Fsp3) is 0.269. The molecule has 172 valence electrons. The number of ether oxygens (including phenoxy) is 2. The highest BCUT2D eigenvalue weighted by Crippen LogP contribution is 2.28. The first kappa shape index (κ1) is 23.8. The van der Waals surface area contributed by atoms with Crippen LogP contribution >= 0.6 is 0 Å². The average molecular weight is 448 g/mol. The Morgan fingerprint density at radius 1 is 0.939 bits per heavy atom. The van der Waals surface area contributed by atoms with Crippen LogP contribution in [0, 0.1) is 0 Å². The zero-order valence-electron chi connectivity index (χ0n) is 19.2. The molecule has 1 atom stereocenters. The Labute approximate surface area is 194 Å². The Bertz CT molecular complexity index is 1060. The number of rotatable bonds is 10. The van der Waals surface area contributed by atoms with E-state index in [1.807, 2.05) is 54.6 Å². The molecule has 0 aliphatic carbocycles. The van der Waals surface area contributed by atoms with Crippen molar-refractivity contribution < 1.29 is 19.1 Å². The first-order chi connectivity index (χ1) is 16.0. The highest BCUT2D eigenvalue weighted by molar-refractivity contribution is 5.88. The van der Waals surface area contributed by atoms with Crippen molar-refractivity contribution in [1.29, 1.82) is 0 Å². The number of carbonyl (C=O) groups excluding carboxylic acids is 2. The lowest BCUT2D eigenvalue weighted by atomic mass is 10.1. The molecule has 1 N–H and O–H groups in total. The lowest BCUT2D eigenvalue weighted by Crippen LogP contribution is -2.48. The second-order valence-electron chi connectivity index (χ2n) is 7.59. The molecule has 3 aromatic rings. The third kappa shape index (κ3) is 6.55. The van der Waals surface area contributed by atoms with Crippen LogP contribution in [0.3, 0.4) is 0 Å². The van der Waals surface area contributed by atoms with Crippen LogP contribution in [0.15, 0.2) is 72.9 Å². The highest BCUT2D eigenvalue weighted by Gasteiger charge is 2.26. The SMILES string of the molecule is COc1ccc(CC(=O)N(Cc2ccccc2)[C@H](C)C(=O)NCc2ccccn2)cc1OC. The van der Waals surface area contributed by atoms with Crippen molar-refractivity contribution in [3.05, 3.63) is 89.7 Å². The van der Waals surface area contributed by atoms with Crippen LogP contribution in [0.4, 0.5) is 0 Å². The summed E-state index contributed by atoms with van der Waals surface area (Å²) < 4.78 is 10.6. The minimum Gasteiger partial charge on any atom is -0.493 e. The van der Waals surface area contributed by atoms with E-state index in [0.717, 1.165) is 16.8 Å². The number of methoxy groups -OCH3 is 2. The van der Waals surface area contributed by atoms with Gasteiger partial charge in [-0.1, -0.05) is 42.5 Å². The topological polar surface area (TPSA) is 80.8 Å². The minimum atomic E-state index is -0.665. The lowest BCUT2D eigenvalue weighted by molar-refractivity contribution is -0.140. The van der Waals surface area contributed by atoms with E-state index in [0.29, 0.717) is 24.6 Å². The number of pyridine rings is 1. The van der Waals surface area contributed by atoms with Crippen LogP contribution in [-0.2, 0) is 29.1 Å². The summed E-state index contributed by atoms with van der Waals surface area (Å²) in [7, 11) is 3.12. The molecule has 0 saturated heterocycles. The van der Waals surface area contributed by atoms with Gasteiger partial charge in [0.15, 0.2) is 11.5 Å². The Morgan fingerprint density at radius 2 is 1.67 bits per heavy atom. The predicted octanol–water partition coefficient (Wildman–Crippen LogP) is 3.38. The molecule has 1 aromatic heterocycles. The van der Waals surface area contributed by atoms with E-state index >= 15 is 0 Å². The standard InChI is InChI=1S/C26H29N3O4/c1-19(26(31)28-17-22-11-7-8-14-27-22)29(18-20-9-5-4-6-10-20)25(30)16-21-12-13-23(32-2)24(15-21)33-3/h4-15,19H,16-18H2,1-3H3,(H,28,31)/t19-/m1/s1. The van der Waals surface area contributed by atoms with Gasteiger partial charge in [-0.05, 0) is 42.3 Å². The molecule has 0 aliphatic rings. The van der Waals surface area contributed by atoms with Crippen molar-refractivity contribution in [1.82, 2.24) is 15.2 Å². The van der Waals surface area contributed by atoms with Gasteiger partial charge in [-0.15, -0.1) is 0 Å². The van der Waals surface area contributed by atoms with Crippen molar-refractivity contribution in [2.45, 2.75) is 32.5 Å². The average Bonchev–Trinajstić information content (AvgIpc) is 2.86. The second kappa shape index (κ2) is 11.7. The fourth-order valence-electron chi connectivity index (χ4n) is 3.46. The Hall–Kier alpha value is -3.87. The smallest absolute Gasteiger partial charge is 0.242 e. The van der Waals surface area contributed by atoms with Crippen LogP contribution in [0.1, 0.15) is 23.7 Å². The van der Waals surface area contributed by atoms with Gasteiger partial charge in [0.1, 0.15) is 6.04 Å². The summed E-state index contributed by atoms with van der Waals surface area (Å²) in [5.74, 6) is 0.750. The molecule has 0 saturated carbocycles. The summed E-state index contributed by atoms with van der Waals surface area (Å²) in [4.78, 5) is 32.1. The first-order valence-electron chi connectivity index (χ1n) is 10.7. The molecule has 0 radical (unpaired) electrons. The zero-order chi connectivity index (χ0) is 23.6. The molecule has 0 unspecified atom stereocenters. The third-order valence-electron chi connectivity index (χ3n) is 5.34. The van der Waals surface area contributed by atoms with E-state index < -0.39 is 6.04 Å². The summed E-state index contributed by atoms with van der Waals surface area (Å²) in [6.45, 7) is 2.36. The predicted molar refractivity (Wildman–Crippen MR) is 126 cm³/mol. The summed E-state index contributed by atoms with van der Waals surface area (Å²) in [6.07, 6.45) is 1.81. The number of carbonyl (C=O) groups is 2. The number of nitrogens with zero attached hydrogens (tertiary/aromatic N) is 2. The van der Waals surface area contributed by atoms with E-state index in [4.69, 9.17) is 9.47 Å². The van der Waals surface area contributed by atoms with Crippen LogP contribution < -0.4 is 14.8 Å². The normalized spacial score (nSPS) is 11.4. The van der Waals surface area contributed by atoms with E-state index in [1.165, 1.54) is 0 Å². The van der Waals surface area contributed by atoms with Crippen molar-refractivity contribution in [2.24, 2.45) is 0 Å². The van der Waals surface area contributed by atoms with Crippen LogP contribution in [0.5, 0.6) is 11.5 Å². The summed E-state index contributed by atoms with van der Waals surface area (Å²) in [5, 5.41) is 2.89. The molecule has 0 bridgehead atoms. The molecule has 0 fully saturated rings. The van der Waals surface area contributed by atoms with E-state index in [1.54, 1.807) is 44.4 Å². The molecule has 2 amide bonds. The summed E-state index contributed by atoms with van der Waals surface area (Å²) >= 11 is 0. The first-order valence-corrected chi connectivity index (χ1v) is 10.7. The second-order valence-corrected chi connectivity index (χ2v) is 7.59. The molecule has 3 rings (SSSR count). The van der Waals surface area contributed by atoms with Crippen molar-refractivity contribution in [2.75, 3.05) is 14.2 Å². The van der Waals surface area contributed by atoms with Gasteiger partial charge < -0.3 is 19.7 Å². The quantitative estimate of drug-likeness (QED) is 0.515. The van der Waals surface area contributed by atoms with Crippen LogP contribution in [0.25, 0.3) is 0 Å². The highest BCUT2D eigenvalue weighted by atomic mass is 16.5. The zero-order valence-corrected chi connectivity index (χ0v) is 19.2. The fourth-order valence-corrected chi connectivity index (χ4v) is 3.46. The minimum absolute atomic E-state index is 0.130. The molecule has 2 aromatic carbocycles. The molecule has 7 heteroatoms. The van der Waals surface area contributed by atoms with Crippen molar-refractivity contribution in [3.63, 3.8) is 0 Å². The van der Waals surface area contributed by atoms with Gasteiger partial charge in [0.25, 0.3) is 0 Å². The maximum atomic E-state index is 13.4. The Morgan fingerprint density at radius 3 is 2.33 bits per heavy atom. The molecular weight excluding hydrogens is 418 g/mol. The Balaban J connectivity index is 1.76. The summed E-state index contributed by atoms with van der Waals surface area (Å²) in [5.41, 5.74) is 2.48. The van der Waals surface area contributed by atoms with Gasteiger partial charge in [0.05, 0.1) is 32.9 Å². The van der Waals surface area contributed by atoms with Gasteiger partial charge in [-0.25, -0.2) is 0 Å². The van der Waals surface area contributed by atoms with Gasteiger partial charge in [0, 0.05) is 12.7 Å². The number of aromatic nitrogens is 1. The molecule has 33 heavy (non-hydrogen) atoms. The number of nitrogens with one attached hydrogen (secondary N) is 1. The largest absolute Gasteiger partial charge is 0.493 e. The number of hydrogen-bond acceptors (Lipinski definition) is 5. The maximum absolute atomic E-state index is 13.4. The molecule has 0 spiro atoms. The van der Waals surface area contributed by atoms with E-state index in [9.17, 15) is 9.59 Å². The van der Waals surface area contributed by atoms with E-state index in [2.05, 4.69) is 10.3 Å². The van der Waals surface area contributed by atoms with Crippen molar-refractivity contribution >= 4 is 11.8 Å². The number of benzene rings is 2. The maximum Gasteiger partial charge on any atom is 0.242 e. The van der Waals surface area contributed by atoms with Gasteiger partial charge in [-0.2, -0.15) is 0 Å². The van der Waals surface area contributed by atoms with Crippen LogP contribution in [0.2, 0.25) is 0 Å². The van der Waals surface area contributed by atoms with Crippen LogP contribution in [-0.4, -0.2) is 42.0 Å². The van der Waals surface area contributed by atoms with Crippen molar-refractivity contribution in [3.8, 4) is 11.5 Å². The van der Waals surface area contributed by atoms with Gasteiger partial charge >= 0.3 is 0 Å². The molecule has 7 nitrogen and oxygen atoms in total. The third-order valence-corrected chi connectivity index (χ3v) is 5.34. The summed E-state index contributed by atoms with van der Waals surface area (Å²) in [6, 6.07) is 19.9. The van der Waals surface area contributed by atoms with Gasteiger partial charge in [0.2, 0.25) is 11.8 Å². The lowest BCUT2D eigenvalue weighted by Gasteiger charge is -2.29. The monoisotopic (exact) mass is 447 g/mol. The molecule has 0 aliphatic heterocycles. The number of hydrogen-bond donors (Lipinski definition) is 1. The number of amides is 2. The Kier molecular flexibility index (Phi) is 8.41. The van der Waals surface area contributed by atoms with Gasteiger partial charge in [-0.3, -0.25) is 14.6 Å². The molecular formula is C26H29N3O4. The van der Waals surface area contributed by atoms with E-state index in [-0.39, 0.29) is 18.2 Å². The molecule has 1 heterocycles.